The summed E-state index contributed by atoms with van der Waals surface area (Å²) in [5.74, 6) is -2.01. The van der Waals surface area contributed by atoms with Crippen molar-refractivity contribution >= 4 is 35.5 Å². The lowest BCUT2D eigenvalue weighted by molar-refractivity contribution is -0.194. The normalized spacial score (nSPS) is 14.3. The highest BCUT2D eigenvalue weighted by Gasteiger charge is 2.33. The van der Waals surface area contributed by atoms with Crippen LogP contribution in [-0.2, 0) is 52.5 Å². The van der Waals surface area contributed by atoms with Gasteiger partial charge in [-0.25, -0.2) is 0 Å². The van der Waals surface area contributed by atoms with Gasteiger partial charge in [0.05, 0.1) is 39.1 Å². The first-order chi connectivity index (χ1) is 22.0. The summed E-state index contributed by atoms with van der Waals surface area (Å²) in [5, 5.41) is 17.2. The van der Waals surface area contributed by atoms with Gasteiger partial charge in [-0.3, -0.25) is 33.7 Å². The average Bonchev–Trinajstić information content (AvgIpc) is 3.22. The molecule has 1 heterocycles. The van der Waals surface area contributed by atoms with E-state index in [1.807, 2.05) is 6.92 Å². The van der Waals surface area contributed by atoms with Crippen molar-refractivity contribution in [1.29, 1.82) is 0 Å². The first-order valence-electron chi connectivity index (χ1n) is 15.5. The molecule has 5 amide bonds. The standard InChI is InChI=1S/C30H50N4O12/c1-5-23(19-35)46-28(42-4)20-45-27(39)8-6-7-24(36)31-11-12-32-26(38)10-15-43-17-18-44-16-13-33-25(37)9-14-34-29(40)21(2)22(3)30(34)41/h23,28,35H,5-20H2,1-4H3,(H,31,36)(H,32,38)(H,33,37). The maximum absolute atomic E-state index is 12.0. The summed E-state index contributed by atoms with van der Waals surface area (Å²) in [5.41, 5.74) is 0.806. The van der Waals surface area contributed by atoms with Gasteiger partial charge in [-0.2, -0.15) is 0 Å². The van der Waals surface area contributed by atoms with Crippen molar-refractivity contribution in [3.8, 4) is 0 Å². The van der Waals surface area contributed by atoms with Crippen LogP contribution in [0.15, 0.2) is 11.1 Å². The third kappa shape index (κ3) is 16.7. The largest absolute Gasteiger partial charge is 0.460 e. The van der Waals surface area contributed by atoms with Crippen molar-refractivity contribution in [1.82, 2.24) is 20.9 Å². The zero-order valence-corrected chi connectivity index (χ0v) is 27.4. The van der Waals surface area contributed by atoms with Crippen LogP contribution < -0.4 is 16.0 Å². The lowest BCUT2D eigenvalue weighted by atomic mass is 10.2. The van der Waals surface area contributed by atoms with E-state index in [0.29, 0.717) is 24.0 Å². The van der Waals surface area contributed by atoms with Crippen LogP contribution in [0.25, 0.3) is 0 Å². The summed E-state index contributed by atoms with van der Waals surface area (Å²) in [7, 11) is 1.41. The molecule has 1 rings (SSSR count). The van der Waals surface area contributed by atoms with Gasteiger partial charge in [0.1, 0.15) is 6.61 Å². The number of nitrogens with zero attached hydrogens (tertiary/aromatic N) is 1. The maximum Gasteiger partial charge on any atom is 0.305 e. The van der Waals surface area contributed by atoms with Crippen molar-refractivity contribution in [3.63, 3.8) is 0 Å². The van der Waals surface area contributed by atoms with Crippen LogP contribution in [0, 0.1) is 0 Å². The second-order valence-electron chi connectivity index (χ2n) is 10.3. The fourth-order valence-electron chi connectivity index (χ4n) is 3.93. The van der Waals surface area contributed by atoms with Crippen molar-refractivity contribution in [3.05, 3.63) is 11.1 Å². The molecule has 16 heteroatoms. The number of amides is 5. The van der Waals surface area contributed by atoms with Gasteiger partial charge in [0.25, 0.3) is 11.8 Å². The Hall–Kier alpha value is -3.44. The molecule has 2 atom stereocenters. The number of nitrogens with one attached hydrogen (secondary N) is 3. The van der Waals surface area contributed by atoms with Crippen LogP contribution >= 0.6 is 0 Å². The van der Waals surface area contributed by atoms with E-state index < -0.39 is 18.4 Å². The number of aliphatic hydroxyl groups is 1. The number of imide groups is 1. The lowest BCUT2D eigenvalue weighted by Crippen LogP contribution is -2.36. The molecule has 0 saturated heterocycles. The summed E-state index contributed by atoms with van der Waals surface area (Å²) in [4.78, 5) is 72.8. The van der Waals surface area contributed by atoms with Crippen molar-refractivity contribution in [2.24, 2.45) is 0 Å². The smallest absolute Gasteiger partial charge is 0.305 e. The molecule has 0 aliphatic carbocycles. The van der Waals surface area contributed by atoms with Crippen LogP contribution in [0.1, 0.15) is 59.3 Å². The number of rotatable bonds is 26. The Labute approximate surface area is 269 Å². The molecule has 0 aromatic heterocycles. The molecule has 2 unspecified atom stereocenters. The van der Waals surface area contributed by atoms with Gasteiger partial charge in [-0.15, -0.1) is 0 Å². The minimum atomic E-state index is -0.785. The summed E-state index contributed by atoms with van der Waals surface area (Å²) in [6.07, 6.45) is -0.00591. The minimum absolute atomic E-state index is 0.00843. The van der Waals surface area contributed by atoms with Crippen LogP contribution in [0.3, 0.4) is 0 Å². The van der Waals surface area contributed by atoms with Gasteiger partial charge >= 0.3 is 5.97 Å². The molecule has 0 aromatic rings. The number of hydrogen-bond donors (Lipinski definition) is 4. The summed E-state index contributed by atoms with van der Waals surface area (Å²) in [6.45, 7) is 6.49. The van der Waals surface area contributed by atoms with Crippen molar-refractivity contribution in [2.75, 3.05) is 72.9 Å². The van der Waals surface area contributed by atoms with Crippen LogP contribution in [-0.4, -0.2) is 131 Å². The molecular weight excluding hydrogens is 608 g/mol. The topological polar surface area (TPSA) is 208 Å². The third-order valence-corrected chi connectivity index (χ3v) is 6.87. The molecule has 0 spiro atoms. The zero-order valence-electron chi connectivity index (χ0n) is 27.4. The number of esters is 1. The van der Waals surface area contributed by atoms with Gasteiger partial charge in [0, 0.05) is 70.1 Å². The fraction of sp³-hybridized carbons (Fsp3) is 0.733. The predicted octanol–water partition coefficient (Wildman–Crippen LogP) is -0.673. The SMILES string of the molecule is CCC(CO)OC(COC(=O)CCCC(=O)NCCNC(=O)CCOCCOCCNC(=O)CCN1C(=O)C(C)=C(C)C1=O)OC. The molecule has 0 saturated carbocycles. The summed E-state index contributed by atoms with van der Waals surface area (Å²) >= 11 is 0. The Bertz CT molecular complexity index is 1010. The first-order valence-corrected chi connectivity index (χ1v) is 15.5. The maximum atomic E-state index is 12.0. The molecule has 1 aliphatic heterocycles. The van der Waals surface area contributed by atoms with Gasteiger partial charge in [0.15, 0.2) is 6.29 Å². The Morgan fingerprint density at radius 1 is 0.783 bits per heavy atom. The Morgan fingerprint density at radius 3 is 1.93 bits per heavy atom. The zero-order chi connectivity index (χ0) is 34.3. The highest BCUT2D eigenvalue weighted by molar-refractivity contribution is 6.18. The number of methoxy groups -OCH3 is 1. The lowest BCUT2D eigenvalue weighted by Gasteiger charge is -2.21. The number of carbonyl (C=O) groups is 6. The minimum Gasteiger partial charge on any atom is -0.460 e. The summed E-state index contributed by atoms with van der Waals surface area (Å²) in [6, 6.07) is 0. The number of carbonyl (C=O) groups excluding carboxylic acids is 6. The van der Waals surface area contributed by atoms with Gasteiger partial charge in [-0.1, -0.05) is 6.92 Å². The molecular formula is C30H50N4O12. The van der Waals surface area contributed by atoms with E-state index in [1.165, 1.54) is 7.11 Å². The molecule has 262 valence electrons. The molecule has 16 nitrogen and oxygen atoms in total. The van der Waals surface area contributed by atoms with Crippen molar-refractivity contribution < 1.29 is 57.6 Å². The fourth-order valence-corrected chi connectivity index (χ4v) is 3.93. The van der Waals surface area contributed by atoms with Crippen LogP contribution in [0.2, 0.25) is 0 Å². The van der Waals surface area contributed by atoms with Gasteiger partial charge < -0.3 is 44.7 Å². The Kier molecular flexibility index (Phi) is 21.0. The van der Waals surface area contributed by atoms with Crippen molar-refractivity contribution in [2.45, 2.75) is 71.7 Å². The molecule has 1 aliphatic rings. The summed E-state index contributed by atoms with van der Waals surface area (Å²) < 4.78 is 26.4. The monoisotopic (exact) mass is 658 g/mol. The van der Waals surface area contributed by atoms with E-state index >= 15 is 0 Å². The van der Waals surface area contributed by atoms with E-state index in [9.17, 15) is 33.9 Å². The Balaban J connectivity index is 1.95. The first kappa shape index (κ1) is 40.6. The second-order valence-corrected chi connectivity index (χ2v) is 10.3. The van der Waals surface area contributed by atoms with E-state index in [1.54, 1.807) is 13.8 Å². The highest BCUT2D eigenvalue weighted by atomic mass is 16.7. The predicted molar refractivity (Wildman–Crippen MR) is 163 cm³/mol. The third-order valence-electron chi connectivity index (χ3n) is 6.87. The van der Waals surface area contributed by atoms with E-state index in [2.05, 4.69) is 16.0 Å². The van der Waals surface area contributed by atoms with Gasteiger partial charge in [0.2, 0.25) is 17.7 Å². The van der Waals surface area contributed by atoms with E-state index in [0.717, 1.165) is 4.90 Å². The molecule has 0 bridgehead atoms. The molecule has 4 N–H and O–H groups in total. The van der Waals surface area contributed by atoms with Crippen LogP contribution in [0.4, 0.5) is 0 Å². The van der Waals surface area contributed by atoms with Gasteiger partial charge in [-0.05, 0) is 26.7 Å². The molecule has 0 aromatic carbocycles. The quantitative estimate of drug-likeness (QED) is 0.0395. The highest BCUT2D eigenvalue weighted by Crippen LogP contribution is 2.19. The second kappa shape index (κ2) is 23.8. The molecule has 0 fully saturated rings. The Morgan fingerprint density at radius 2 is 1.35 bits per heavy atom. The number of ether oxygens (including phenoxy) is 5. The van der Waals surface area contributed by atoms with E-state index in [-0.39, 0.29) is 121 Å². The molecule has 0 radical (unpaired) electrons. The molecule has 46 heavy (non-hydrogen) atoms. The van der Waals surface area contributed by atoms with Crippen LogP contribution in [0.5, 0.6) is 0 Å². The number of aliphatic hydroxyl groups excluding tert-OH is 1. The average molecular weight is 659 g/mol. The number of hydrogen-bond acceptors (Lipinski definition) is 12. The van der Waals surface area contributed by atoms with E-state index in [4.69, 9.17) is 23.7 Å².